The van der Waals surface area contributed by atoms with Crippen molar-refractivity contribution in [3.8, 4) is 0 Å². The van der Waals surface area contributed by atoms with E-state index >= 15 is 0 Å². The van der Waals surface area contributed by atoms with Crippen LogP contribution in [0.25, 0.3) is 0 Å². The molecule has 0 fully saturated rings. The summed E-state index contributed by atoms with van der Waals surface area (Å²) in [5.41, 5.74) is 0. The van der Waals surface area contributed by atoms with Crippen LogP contribution in [0.4, 0.5) is 0 Å². The van der Waals surface area contributed by atoms with Gasteiger partial charge < -0.3 is 20.2 Å². The zero-order valence-corrected chi connectivity index (χ0v) is 3.59. The lowest BCUT2D eigenvalue weighted by Gasteiger charge is -1.82. The predicted octanol–water partition coefficient (Wildman–Crippen LogP) is -4.12. The fourth-order valence-electron chi connectivity index (χ4n) is 0. The lowest BCUT2D eigenvalue weighted by atomic mass is 15.8. The highest BCUT2D eigenvalue weighted by Gasteiger charge is 2.00. The lowest BCUT2D eigenvalue weighted by molar-refractivity contribution is 0.275. The van der Waals surface area contributed by atoms with E-state index in [9.17, 15) is 0 Å². The number of hydrogen-bond acceptors (Lipinski definition) is 1. The second-order valence-electron chi connectivity index (χ2n) is 0.513. The molecule has 0 aromatic rings. The Balaban J connectivity index is -0.0000000267. The minimum Gasteiger partial charge on any atom is -0.412 e. The third kappa shape index (κ3) is 208. The summed E-state index contributed by atoms with van der Waals surface area (Å²) in [6.07, 6.45) is 0. The molecule has 0 bridgehead atoms. The fraction of sp³-hybridized carbons (Fsp3) is 0. The first-order valence-corrected chi connectivity index (χ1v) is 2.35. The molecule has 0 radical (unpaired) electrons. The number of rotatable bonds is 0. The summed E-state index contributed by atoms with van der Waals surface area (Å²) < 4.78 is 8.88. The van der Waals surface area contributed by atoms with Crippen molar-refractivity contribution in [3.63, 3.8) is 0 Å². The molecule has 0 atom stereocenters. The quantitative estimate of drug-likeness (QED) is 0.257. The standard InChI is InChI=1S/2Al.H3O4P.H2O.6H/c;;1-5(2,3)4;;;;;;;/h;;(H3,1,2,3,4);1H2;;;;;;. The Bertz CT molecular complexity index is 56.6. The van der Waals surface area contributed by atoms with Gasteiger partial charge in [0.05, 0.1) is 0 Å². The van der Waals surface area contributed by atoms with Gasteiger partial charge in [0.1, 0.15) is 0 Å². The maximum atomic E-state index is 8.88. The first-order valence-electron chi connectivity index (χ1n) is 0.783. The van der Waals surface area contributed by atoms with Crippen molar-refractivity contribution < 1.29 is 24.7 Å². The third-order valence-corrected chi connectivity index (χ3v) is 0. The molecular formula is H11Al2O5P. The van der Waals surface area contributed by atoms with Gasteiger partial charge >= 0.3 is 7.82 Å². The van der Waals surface area contributed by atoms with Crippen LogP contribution in [0.5, 0.6) is 0 Å². The molecule has 0 saturated heterocycles. The van der Waals surface area contributed by atoms with E-state index in [-0.39, 0.29) is 40.2 Å². The van der Waals surface area contributed by atoms with Gasteiger partial charge in [-0.25, -0.2) is 4.57 Å². The molecule has 0 saturated carbocycles. The fourth-order valence-corrected chi connectivity index (χ4v) is 0. The monoisotopic (exact) mass is 176 g/mol. The maximum Gasteiger partial charge on any atom is 0.466 e. The minimum absolute atomic E-state index is 0. The highest BCUT2D eigenvalue weighted by atomic mass is 31.2. The SMILES string of the molecule is O.O=P(O)(O)O.[AlH3].[AlH3]. The van der Waals surface area contributed by atoms with E-state index in [1.807, 2.05) is 0 Å². The van der Waals surface area contributed by atoms with Crippen LogP contribution in [0.2, 0.25) is 0 Å². The Morgan fingerprint density at radius 1 is 1.00 bits per heavy atom. The highest BCUT2D eigenvalue weighted by Crippen LogP contribution is 2.25. The summed E-state index contributed by atoms with van der Waals surface area (Å²) in [5, 5.41) is 0. The maximum absolute atomic E-state index is 8.88. The second-order valence-corrected chi connectivity index (χ2v) is 1.54. The van der Waals surface area contributed by atoms with Crippen LogP contribution in [0, 0.1) is 0 Å². The topological polar surface area (TPSA) is 109 Å². The molecule has 0 aliphatic carbocycles. The molecule has 5 nitrogen and oxygen atoms in total. The largest absolute Gasteiger partial charge is 0.466 e. The Morgan fingerprint density at radius 3 is 1.00 bits per heavy atom. The summed E-state index contributed by atoms with van der Waals surface area (Å²) in [5.74, 6) is 0. The first kappa shape index (κ1) is 22.9. The highest BCUT2D eigenvalue weighted by molar-refractivity contribution is 7.45. The molecule has 0 aromatic heterocycles. The summed E-state index contributed by atoms with van der Waals surface area (Å²) in [4.78, 5) is 21.6. The zero-order valence-electron chi connectivity index (χ0n) is 2.70. The summed E-state index contributed by atoms with van der Waals surface area (Å²) in [7, 11) is -4.64. The van der Waals surface area contributed by atoms with Crippen molar-refractivity contribution >= 4 is 42.5 Å². The second kappa shape index (κ2) is 8.13. The van der Waals surface area contributed by atoms with E-state index < -0.39 is 7.82 Å². The predicted molar refractivity (Wildman–Crippen MR) is 37.8 cm³/mol. The lowest BCUT2D eigenvalue weighted by Crippen LogP contribution is -1.66. The molecule has 0 unspecified atom stereocenters. The van der Waals surface area contributed by atoms with Gasteiger partial charge in [0.2, 0.25) is 0 Å². The number of phosphoric acid groups is 1. The molecule has 5 N–H and O–H groups in total. The van der Waals surface area contributed by atoms with E-state index in [1.54, 1.807) is 0 Å². The van der Waals surface area contributed by atoms with E-state index in [1.165, 1.54) is 0 Å². The summed E-state index contributed by atoms with van der Waals surface area (Å²) in [6.45, 7) is 0. The Kier molecular flexibility index (Phi) is 23.3. The van der Waals surface area contributed by atoms with Crippen LogP contribution in [-0.2, 0) is 4.57 Å². The molecule has 0 aliphatic heterocycles. The van der Waals surface area contributed by atoms with E-state index in [0.717, 1.165) is 0 Å². The van der Waals surface area contributed by atoms with E-state index in [2.05, 4.69) is 0 Å². The van der Waals surface area contributed by atoms with Gasteiger partial charge in [0.15, 0.2) is 34.7 Å². The molecule has 0 rings (SSSR count). The average Bonchev–Trinajstić information content (AvgIpc) is 0.722. The Labute approximate surface area is 67.5 Å². The van der Waals surface area contributed by atoms with Crippen LogP contribution < -0.4 is 0 Å². The van der Waals surface area contributed by atoms with Crippen molar-refractivity contribution in [1.82, 2.24) is 0 Å². The van der Waals surface area contributed by atoms with Gasteiger partial charge in [0, 0.05) is 0 Å². The molecule has 8 heavy (non-hydrogen) atoms. The number of hydrogen-bond donors (Lipinski definition) is 3. The molecule has 0 amide bonds. The molecule has 0 aromatic carbocycles. The van der Waals surface area contributed by atoms with Gasteiger partial charge in [-0.05, 0) is 0 Å². The Morgan fingerprint density at radius 2 is 1.00 bits per heavy atom. The van der Waals surface area contributed by atoms with Gasteiger partial charge in [-0.2, -0.15) is 0 Å². The van der Waals surface area contributed by atoms with Crippen LogP contribution in [0.1, 0.15) is 0 Å². The van der Waals surface area contributed by atoms with Gasteiger partial charge in [-0.1, -0.05) is 0 Å². The van der Waals surface area contributed by atoms with E-state index in [0.29, 0.717) is 0 Å². The normalized spacial score (nSPS) is 7.38. The average molecular weight is 176 g/mol. The van der Waals surface area contributed by atoms with Crippen LogP contribution >= 0.6 is 7.82 Å². The van der Waals surface area contributed by atoms with Crippen molar-refractivity contribution in [2.75, 3.05) is 0 Å². The Hall–Kier alpha value is 1.13. The smallest absolute Gasteiger partial charge is 0.412 e. The van der Waals surface area contributed by atoms with Gasteiger partial charge in [-0.15, -0.1) is 0 Å². The molecule has 0 aliphatic rings. The van der Waals surface area contributed by atoms with E-state index in [4.69, 9.17) is 19.2 Å². The van der Waals surface area contributed by atoms with Crippen LogP contribution in [0.3, 0.4) is 0 Å². The summed E-state index contributed by atoms with van der Waals surface area (Å²) >= 11 is 0. The summed E-state index contributed by atoms with van der Waals surface area (Å²) in [6, 6.07) is 0. The molecule has 0 spiro atoms. The van der Waals surface area contributed by atoms with Crippen LogP contribution in [-0.4, -0.2) is 54.9 Å². The molecular weight excluding hydrogens is 165 g/mol. The van der Waals surface area contributed by atoms with Crippen molar-refractivity contribution in [3.05, 3.63) is 0 Å². The van der Waals surface area contributed by atoms with Crippen molar-refractivity contribution in [1.29, 1.82) is 0 Å². The third-order valence-electron chi connectivity index (χ3n) is 0. The molecule has 52 valence electrons. The van der Waals surface area contributed by atoms with Gasteiger partial charge in [-0.3, -0.25) is 0 Å². The first-order chi connectivity index (χ1) is 2.00. The minimum atomic E-state index is -4.64. The van der Waals surface area contributed by atoms with Crippen molar-refractivity contribution in [2.45, 2.75) is 0 Å². The molecule has 8 heteroatoms. The molecule has 0 heterocycles. The van der Waals surface area contributed by atoms with Gasteiger partial charge in [0.25, 0.3) is 0 Å². The van der Waals surface area contributed by atoms with Crippen molar-refractivity contribution in [2.24, 2.45) is 0 Å². The van der Waals surface area contributed by atoms with Crippen LogP contribution in [0.15, 0.2) is 0 Å². The zero-order chi connectivity index (χ0) is 4.50.